The fourth-order valence-electron chi connectivity index (χ4n) is 3.91. The van der Waals surface area contributed by atoms with E-state index in [-0.39, 0.29) is 48.3 Å². The second-order valence-corrected chi connectivity index (χ2v) is 10.7. The van der Waals surface area contributed by atoms with Gasteiger partial charge in [0.1, 0.15) is 10.7 Å². The summed E-state index contributed by atoms with van der Waals surface area (Å²) in [6.45, 7) is -0.0699. The maximum Gasteiger partial charge on any atom is 0.391 e. The highest BCUT2D eigenvalue weighted by Gasteiger charge is 2.46. The number of benzene rings is 1. The van der Waals surface area contributed by atoms with E-state index in [1.807, 2.05) is 0 Å². The third kappa shape index (κ3) is 6.27. The van der Waals surface area contributed by atoms with E-state index in [0.29, 0.717) is 0 Å². The Balaban J connectivity index is 1.83. The summed E-state index contributed by atoms with van der Waals surface area (Å²) in [4.78, 5) is 4.74. The normalized spacial score (nSPS) is 21.9. The molecule has 0 aliphatic heterocycles. The van der Waals surface area contributed by atoms with Crippen molar-refractivity contribution in [3.63, 3.8) is 0 Å². The number of aliphatic hydroxyl groups is 1. The Morgan fingerprint density at radius 2 is 2.06 bits per heavy atom. The molecule has 184 valence electrons. The monoisotopic (exact) mass is 530 g/mol. The van der Waals surface area contributed by atoms with Gasteiger partial charge in [0.2, 0.25) is 0 Å². The first-order valence-corrected chi connectivity index (χ1v) is 12.7. The standard InChI is InChI=1S/C19H23ClF4N4O3S2/c1-28(5-6-29)16-8-11(19(22,23)24)2-3-14(16)26-15-10-13(21)17(9-12(15)20)33(30,31)27-18-25-4-7-32-18/h4,7,9-11,14,16,26,29H,2-3,5-6,8H2,1H3,(H,25,27)/t11?,14-,16-/m0/s1. The zero-order valence-electron chi connectivity index (χ0n) is 17.4. The van der Waals surface area contributed by atoms with Gasteiger partial charge in [0.25, 0.3) is 10.0 Å². The van der Waals surface area contributed by atoms with E-state index in [9.17, 15) is 31.1 Å². The quantitative estimate of drug-likeness (QED) is 0.443. The SMILES string of the molecule is CN(CCO)[C@H]1CC(C(F)(F)F)CC[C@@H]1Nc1cc(F)c(S(=O)(=O)Nc2nccs2)cc1Cl. The van der Waals surface area contributed by atoms with E-state index < -0.39 is 44.9 Å². The highest BCUT2D eigenvalue weighted by atomic mass is 35.5. The van der Waals surface area contributed by atoms with Crippen molar-refractivity contribution in [3.8, 4) is 0 Å². The number of nitrogens with zero attached hydrogens (tertiary/aromatic N) is 2. The largest absolute Gasteiger partial charge is 0.395 e. The Hall–Kier alpha value is -1.67. The molecule has 1 aromatic heterocycles. The summed E-state index contributed by atoms with van der Waals surface area (Å²) < 4.78 is 81.9. The van der Waals surface area contributed by atoms with Crippen molar-refractivity contribution in [1.29, 1.82) is 0 Å². The molecule has 0 amide bonds. The summed E-state index contributed by atoms with van der Waals surface area (Å²) in [5.74, 6) is -2.56. The molecular formula is C19H23ClF4N4O3S2. The minimum atomic E-state index is -4.34. The molecule has 1 fully saturated rings. The predicted octanol–water partition coefficient (Wildman–Crippen LogP) is 4.17. The van der Waals surface area contributed by atoms with Gasteiger partial charge in [-0.15, -0.1) is 11.3 Å². The van der Waals surface area contributed by atoms with E-state index in [0.717, 1.165) is 23.5 Å². The van der Waals surface area contributed by atoms with Crippen molar-refractivity contribution in [2.75, 3.05) is 30.2 Å². The minimum Gasteiger partial charge on any atom is -0.395 e. The number of nitrogens with one attached hydrogen (secondary N) is 2. The maximum absolute atomic E-state index is 14.8. The lowest BCUT2D eigenvalue weighted by atomic mass is 9.81. The average Bonchev–Trinajstić information content (AvgIpc) is 3.22. The summed E-state index contributed by atoms with van der Waals surface area (Å²) >= 11 is 7.25. The number of likely N-dealkylation sites (N-methyl/N-ethyl adjacent to an activating group) is 1. The molecule has 3 N–H and O–H groups in total. The molecule has 0 spiro atoms. The van der Waals surface area contributed by atoms with Gasteiger partial charge < -0.3 is 10.4 Å². The molecular weight excluding hydrogens is 508 g/mol. The topological polar surface area (TPSA) is 94.6 Å². The molecule has 0 saturated heterocycles. The molecule has 7 nitrogen and oxygen atoms in total. The first kappa shape index (κ1) is 25.9. The number of rotatable bonds is 8. The van der Waals surface area contributed by atoms with Crippen molar-refractivity contribution in [3.05, 3.63) is 34.5 Å². The highest BCUT2D eigenvalue weighted by molar-refractivity contribution is 7.93. The second kappa shape index (κ2) is 10.3. The van der Waals surface area contributed by atoms with Crippen molar-refractivity contribution in [2.45, 2.75) is 42.4 Å². The number of anilines is 2. The van der Waals surface area contributed by atoms with E-state index >= 15 is 0 Å². The van der Waals surface area contributed by atoms with Gasteiger partial charge in [0, 0.05) is 30.2 Å². The number of aromatic nitrogens is 1. The first-order chi connectivity index (χ1) is 15.4. The van der Waals surface area contributed by atoms with E-state index in [1.54, 1.807) is 17.3 Å². The lowest BCUT2D eigenvalue weighted by molar-refractivity contribution is -0.187. The van der Waals surface area contributed by atoms with Crippen LogP contribution < -0.4 is 10.0 Å². The van der Waals surface area contributed by atoms with Crippen LogP contribution in [0.5, 0.6) is 0 Å². The lowest BCUT2D eigenvalue weighted by Crippen LogP contribution is -2.51. The van der Waals surface area contributed by atoms with Gasteiger partial charge in [-0.3, -0.25) is 9.62 Å². The number of hydrogen-bond donors (Lipinski definition) is 3. The second-order valence-electron chi connectivity index (χ2n) is 7.78. The van der Waals surface area contributed by atoms with Crippen LogP contribution in [0.15, 0.2) is 28.6 Å². The molecule has 2 aromatic rings. The van der Waals surface area contributed by atoms with Gasteiger partial charge in [0.15, 0.2) is 5.13 Å². The third-order valence-electron chi connectivity index (χ3n) is 5.60. The Bertz CT molecular complexity index is 1050. The summed E-state index contributed by atoms with van der Waals surface area (Å²) in [5.41, 5.74) is 0.0697. The predicted molar refractivity (Wildman–Crippen MR) is 119 cm³/mol. The molecule has 3 rings (SSSR count). The Labute approximate surface area is 197 Å². The van der Waals surface area contributed by atoms with Crippen LogP contribution in [0.1, 0.15) is 19.3 Å². The number of alkyl halides is 3. The zero-order chi connectivity index (χ0) is 24.4. The Kier molecular flexibility index (Phi) is 8.10. The van der Waals surface area contributed by atoms with Crippen LogP contribution in [0.3, 0.4) is 0 Å². The number of sulfonamides is 1. The van der Waals surface area contributed by atoms with Crippen molar-refractivity contribution < 1.29 is 31.1 Å². The molecule has 1 aliphatic rings. The van der Waals surface area contributed by atoms with Crippen molar-refractivity contribution >= 4 is 43.8 Å². The lowest BCUT2D eigenvalue weighted by Gasteiger charge is -2.42. The van der Waals surface area contributed by atoms with Gasteiger partial charge in [-0.25, -0.2) is 17.8 Å². The summed E-state index contributed by atoms with van der Waals surface area (Å²) in [6.07, 6.45) is -3.13. The van der Waals surface area contributed by atoms with Gasteiger partial charge in [-0.05, 0) is 38.4 Å². The zero-order valence-corrected chi connectivity index (χ0v) is 19.8. The molecule has 33 heavy (non-hydrogen) atoms. The molecule has 0 bridgehead atoms. The van der Waals surface area contributed by atoms with Crippen LogP contribution in [0.25, 0.3) is 0 Å². The van der Waals surface area contributed by atoms with E-state index in [2.05, 4.69) is 15.0 Å². The summed E-state index contributed by atoms with van der Waals surface area (Å²) in [5, 5.41) is 13.7. The van der Waals surface area contributed by atoms with Crippen LogP contribution in [-0.4, -0.2) is 61.9 Å². The third-order valence-corrected chi connectivity index (χ3v) is 8.09. The van der Waals surface area contributed by atoms with Crippen LogP contribution in [-0.2, 0) is 10.0 Å². The Morgan fingerprint density at radius 3 is 2.67 bits per heavy atom. The number of hydrogen-bond acceptors (Lipinski definition) is 7. The van der Waals surface area contributed by atoms with Crippen LogP contribution in [0.4, 0.5) is 28.4 Å². The highest BCUT2D eigenvalue weighted by Crippen LogP contribution is 2.40. The fourth-order valence-corrected chi connectivity index (χ4v) is 6.07. The van der Waals surface area contributed by atoms with Gasteiger partial charge in [-0.2, -0.15) is 13.2 Å². The molecule has 0 radical (unpaired) electrons. The fraction of sp³-hybridized carbons (Fsp3) is 0.526. The van der Waals surface area contributed by atoms with Gasteiger partial charge in [0.05, 0.1) is 23.2 Å². The van der Waals surface area contributed by atoms with Crippen LogP contribution in [0.2, 0.25) is 5.02 Å². The molecule has 3 atom stereocenters. The van der Waals surface area contributed by atoms with Gasteiger partial charge >= 0.3 is 6.18 Å². The molecule has 14 heteroatoms. The summed E-state index contributed by atoms with van der Waals surface area (Å²) in [7, 11) is -2.68. The molecule has 1 unspecified atom stereocenters. The van der Waals surface area contributed by atoms with E-state index in [1.165, 1.54) is 6.20 Å². The molecule has 1 heterocycles. The summed E-state index contributed by atoms with van der Waals surface area (Å²) in [6, 6.07) is 0.736. The number of thiazole rings is 1. The van der Waals surface area contributed by atoms with Crippen LogP contribution in [0, 0.1) is 11.7 Å². The van der Waals surface area contributed by atoms with Crippen LogP contribution >= 0.6 is 22.9 Å². The van der Waals surface area contributed by atoms with Crippen molar-refractivity contribution in [1.82, 2.24) is 9.88 Å². The minimum absolute atomic E-state index is 0.0592. The maximum atomic E-state index is 14.8. The van der Waals surface area contributed by atoms with Gasteiger partial charge in [-0.1, -0.05) is 11.6 Å². The number of halogens is 5. The molecule has 1 aromatic carbocycles. The Morgan fingerprint density at radius 1 is 1.33 bits per heavy atom. The molecule has 1 aliphatic carbocycles. The average molecular weight is 531 g/mol. The number of aliphatic hydroxyl groups excluding tert-OH is 1. The van der Waals surface area contributed by atoms with Crippen molar-refractivity contribution in [2.24, 2.45) is 5.92 Å². The molecule has 1 saturated carbocycles. The van der Waals surface area contributed by atoms with E-state index in [4.69, 9.17) is 11.6 Å². The smallest absolute Gasteiger partial charge is 0.391 e. The first-order valence-electron chi connectivity index (χ1n) is 9.98.